The Bertz CT molecular complexity index is 404. The van der Waals surface area contributed by atoms with Crippen LogP contribution in [0.2, 0.25) is 0 Å². The first-order chi connectivity index (χ1) is 8.20. The largest absolute Gasteiger partial charge is 0.376 e. The summed E-state index contributed by atoms with van der Waals surface area (Å²) in [7, 11) is -2.01. The fourth-order valence-corrected chi connectivity index (χ4v) is 3.72. The molecule has 1 saturated carbocycles. The number of rotatable bonds is 4. The van der Waals surface area contributed by atoms with Gasteiger partial charge in [-0.15, -0.1) is 0 Å². The van der Waals surface area contributed by atoms with Crippen LogP contribution in [-0.4, -0.2) is 31.5 Å². The van der Waals surface area contributed by atoms with E-state index >= 15 is 0 Å². The molecule has 0 aliphatic heterocycles. The first-order valence-electron chi connectivity index (χ1n) is 5.98. The molecule has 1 aliphatic carbocycles. The Labute approximate surface area is 114 Å². The van der Waals surface area contributed by atoms with Gasteiger partial charge in [0.1, 0.15) is 4.87 Å². The average molecular weight is 294 g/mol. The fraction of sp³-hybridized carbons (Fsp3) is 0.900. The zero-order valence-corrected chi connectivity index (χ0v) is 12.4. The molecule has 1 rings (SSSR count). The van der Waals surface area contributed by atoms with Gasteiger partial charge in [-0.25, -0.2) is 13.6 Å². The summed E-state index contributed by atoms with van der Waals surface area (Å²) in [6.45, 7) is 1.65. The zero-order chi connectivity index (χ0) is 14.0. The van der Waals surface area contributed by atoms with Crippen molar-refractivity contribution in [3.8, 4) is 0 Å². The van der Waals surface area contributed by atoms with E-state index in [1.54, 1.807) is 14.0 Å². The monoisotopic (exact) mass is 294 g/mol. The highest BCUT2D eigenvalue weighted by atomic mass is 32.2. The Kier molecular flexibility index (Phi) is 4.93. The van der Waals surface area contributed by atoms with Gasteiger partial charge in [0.2, 0.25) is 10.0 Å². The minimum atomic E-state index is -3.64. The van der Waals surface area contributed by atoms with Crippen LogP contribution >= 0.6 is 12.2 Å². The smallest absolute Gasteiger partial charge is 0.228 e. The number of primary sulfonamides is 1. The van der Waals surface area contributed by atoms with Crippen LogP contribution in [-0.2, 0) is 10.0 Å². The van der Waals surface area contributed by atoms with Gasteiger partial charge in [-0.05, 0) is 57.8 Å². The summed E-state index contributed by atoms with van der Waals surface area (Å²) >= 11 is 4.80. The molecular formula is C10H22N4O2S2. The van der Waals surface area contributed by atoms with Crippen LogP contribution < -0.4 is 21.5 Å². The number of nitrogens with two attached hydrogens (primary N) is 2. The highest BCUT2D eigenvalue weighted by Crippen LogP contribution is 2.34. The van der Waals surface area contributed by atoms with Crippen LogP contribution in [0, 0.1) is 5.92 Å². The van der Waals surface area contributed by atoms with E-state index in [2.05, 4.69) is 10.6 Å². The van der Waals surface area contributed by atoms with E-state index in [-0.39, 0.29) is 12.0 Å². The standard InChI is InChI=1S/C10H22N4O2S2/c1-10(13-2,18(12,15)16)7-3-5-8(6-4-7)14-9(11)17/h7-8,13H,3-6H2,1-2H3,(H3,11,14,17)(H2,12,15,16). The first kappa shape index (κ1) is 15.6. The van der Waals surface area contributed by atoms with Crippen molar-refractivity contribution in [1.82, 2.24) is 10.6 Å². The van der Waals surface area contributed by atoms with Gasteiger partial charge in [-0.2, -0.15) is 0 Å². The summed E-state index contributed by atoms with van der Waals surface area (Å²) in [5.74, 6) is 0.00176. The molecule has 0 spiro atoms. The summed E-state index contributed by atoms with van der Waals surface area (Å²) in [5, 5.41) is 11.5. The lowest BCUT2D eigenvalue weighted by atomic mass is 9.81. The molecule has 1 aliphatic rings. The molecule has 0 radical (unpaired) electrons. The third kappa shape index (κ3) is 3.31. The second kappa shape index (κ2) is 5.68. The molecule has 0 aromatic heterocycles. The van der Waals surface area contributed by atoms with E-state index in [0.29, 0.717) is 5.11 Å². The Morgan fingerprint density at radius 2 is 1.83 bits per heavy atom. The number of hydrogen-bond acceptors (Lipinski definition) is 4. The minimum Gasteiger partial charge on any atom is -0.376 e. The lowest BCUT2D eigenvalue weighted by molar-refractivity contribution is 0.232. The van der Waals surface area contributed by atoms with Crippen molar-refractivity contribution >= 4 is 27.4 Å². The van der Waals surface area contributed by atoms with E-state index < -0.39 is 14.9 Å². The fourth-order valence-electron chi connectivity index (χ4n) is 2.57. The van der Waals surface area contributed by atoms with Crippen molar-refractivity contribution in [1.29, 1.82) is 0 Å². The summed E-state index contributed by atoms with van der Waals surface area (Å²) in [5.41, 5.74) is 5.43. The molecule has 1 unspecified atom stereocenters. The Morgan fingerprint density at radius 1 is 1.33 bits per heavy atom. The number of sulfonamides is 1. The second-order valence-electron chi connectivity index (χ2n) is 4.96. The Balaban J connectivity index is 2.69. The third-order valence-electron chi connectivity index (χ3n) is 3.94. The van der Waals surface area contributed by atoms with Gasteiger partial charge in [0, 0.05) is 6.04 Å². The van der Waals surface area contributed by atoms with Crippen molar-refractivity contribution < 1.29 is 8.42 Å². The molecule has 1 atom stereocenters. The number of nitrogens with one attached hydrogen (secondary N) is 2. The second-order valence-corrected chi connectivity index (χ2v) is 7.34. The first-order valence-corrected chi connectivity index (χ1v) is 7.93. The lowest BCUT2D eigenvalue weighted by Crippen LogP contribution is -2.57. The lowest BCUT2D eigenvalue weighted by Gasteiger charge is -2.39. The topological polar surface area (TPSA) is 110 Å². The van der Waals surface area contributed by atoms with Crippen LogP contribution in [0.5, 0.6) is 0 Å². The summed E-state index contributed by atoms with van der Waals surface area (Å²) in [6.07, 6.45) is 3.23. The van der Waals surface area contributed by atoms with Crippen LogP contribution in [0.4, 0.5) is 0 Å². The minimum absolute atomic E-state index is 0.00176. The van der Waals surface area contributed by atoms with Crippen LogP contribution in [0.3, 0.4) is 0 Å². The molecule has 0 aromatic rings. The molecule has 18 heavy (non-hydrogen) atoms. The number of thiocarbonyl (C=S) groups is 1. The summed E-state index contributed by atoms with van der Waals surface area (Å²) < 4.78 is 23.4. The Hall–Kier alpha value is -0.440. The van der Waals surface area contributed by atoms with Crippen molar-refractivity contribution in [3.63, 3.8) is 0 Å². The van der Waals surface area contributed by atoms with Crippen LogP contribution in [0.15, 0.2) is 0 Å². The molecule has 6 N–H and O–H groups in total. The van der Waals surface area contributed by atoms with Crippen molar-refractivity contribution in [2.75, 3.05) is 7.05 Å². The molecule has 1 fully saturated rings. The molecular weight excluding hydrogens is 272 g/mol. The highest BCUT2D eigenvalue weighted by Gasteiger charge is 2.44. The van der Waals surface area contributed by atoms with Crippen molar-refractivity contribution in [2.24, 2.45) is 16.8 Å². The van der Waals surface area contributed by atoms with Gasteiger partial charge < -0.3 is 16.4 Å². The predicted octanol–water partition coefficient (Wildman–Crippen LogP) is -0.397. The molecule has 0 aromatic carbocycles. The van der Waals surface area contributed by atoms with E-state index in [9.17, 15) is 8.42 Å². The molecule has 0 bridgehead atoms. The summed E-state index contributed by atoms with van der Waals surface area (Å²) in [6, 6.07) is 0.236. The van der Waals surface area contributed by atoms with Gasteiger partial charge in [0.05, 0.1) is 0 Å². The molecule has 0 amide bonds. The molecule has 8 heteroatoms. The maximum atomic E-state index is 11.7. The maximum Gasteiger partial charge on any atom is 0.228 e. The van der Waals surface area contributed by atoms with E-state index in [4.69, 9.17) is 23.1 Å². The van der Waals surface area contributed by atoms with Gasteiger partial charge in [0.15, 0.2) is 5.11 Å². The third-order valence-corrected chi connectivity index (χ3v) is 5.78. The van der Waals surface area contributed by atoms with Crippen LogP contribution in [0.1, 0.15) is 32.6 Å². The van der Waals surface area contributed by atoms with Gasteiger partial charge in [-0.3, -0.25) is 0 Å². The van der Waals surface area contributed by atoms with Gasteiger partial charge in [-0.1, -0.05) is 0 Å². The van der Waals surface area contributed by atoms with E-state index in [1.165, 1.54) is 0 Å². The average Bonchev–Trinajstić information content (AvgIpc) is 2.26. The quantitative estimate of drug-likeness (QED) is 0.525. The highest BCUT2D eigenvalue weighted by molar-refractivity contribution is 7.90. The number of hydrogen-bond donors (Lipinski definition) is 4. The maximum absolute atomic E-state index is 11.7. The Morgan fingerprint density at radius 3 is 2.17 bits per heavy atom. The van der Waals surface area contributed by atoms with Gasteiger partial charge >= 0.3 is 0 Å². The molecule has 0 saturated heterocycles. The SMILES string of the molecule is CNC(C)(C1CCC(NC(N)=S)CC1)S(N)(=O)=O. The zero-order valence-electron chi connectivity index (χ0n) is 10.8. The normalized spacial score (nSPS) is 28.4. The predicted molar refractivity (Wildman–Crippen MR) is 76.2 cm³/mol. The van der Waals surface area contributed by atoms with Crippen molar-refractivity contribution in [3.05, 3.63) is 0 Å². The van der Waals surface area contributed by atoms with E-state index in [0.717, 1.165) is 25.7 Å². The van der Waals surface area contributed by atoms with Crippen molar-refractivity contribution in [2.45, 2.75) is 43.5 Å². The van der Waals surface area contributed by atoms with Crippen LogP contribution in [0.25, 0.3) is 0 Å². The summed E-state index contributed by atoms with van der Waals surface area (Å²) in [4.78, 5) is -1.07. The molecule has 6 nitrogen and oxygen atoms in total. The van der Waals surface area contributed by atoms with Gasteiger partial charge in [0.25, 0.3) is 0 Å². The molecule has 106 valence electrons. The molecule has 0 heterocycles. The van der Waals surface area contributed by atoms with E-state index in [1.807, 2.05) is 0 Å².